The van der Waals surface area contributed by atoms with Crippen molar-refractivity contribution < 1.29 is 0 Å². The molecule has 1 aromatic heterocycles. The number of aromatic nitrogens is 2. The predicted molar refractivity (Wildman–Crippen MR) is 66.3 cm³/mol. The van der Waals surface area contributed by atoms with Gasteiger partial charge in [0.05, 0.1) is 0 Å². The third-order valence-electron chi connectivity index (χ3n) is 3.33. The van der Waals surface area contributed by atoms with Crippen LogP contribution in [0.4, 0.5) is 11.6 Å². The maximum absolute atomic E-state index is 5.89. The fourth-order valence-corrected chi connectivity index (χ4v) is 2.54. The lowest BCUT2D eigenvalue weighted by Gasteiger charge is -2.34. The number of anilines is 2. The number of hydrogen-bond acceptors (Lipinski definition) is 4. The smallest absolute Gasteiger partial charge is 0.171 e. The molecule has 1 saturated carbocycles. The van der Waals surface area contributed by atoms with Crippen LogP contribution in [0.15, 0.2) is 12.4 Å². The topological polar surface area (TPSA) is 55.0 Å². The van der Waals surface area contributed by atoms with Crippen LogP contribution in [0.25, 0.3) is 0 Å². The van der Waals surface area contributed by atoms with Gasteiger partial charge in [0.2, 0.25) is 0 Å². The second-order valence-electron chi connectivity index (χ2n) is 4.34. The van der Waals surface area contributed by atoms with Gasteiger partial charge in [-0.1, -0.05) is 19.3 Å². The standard InChI is InChI=1S/C12H20N4/c1-2-16(10-6-4-3-5-7-10)12-11(13)14-8-9-15-12/h8-10H,2-7H2,1H3,(H2,13,14). The van der Waals surface area contributed by atoms with Gasteiger partial charge in [-0.05, 0) is 19.8 Å². The number of hydrogen-bond donors (Lipinski definition) is 1. The Morgan fingerprint density at radius 2 is 1.94 bits per heavy atom. The van der Waals surface area contributed by atoms with Crippen molar-refractivity contribution in [3.8, 4) is 0 Å². The molecule has 4 nitrogen and oxygen atoms in total. The van der Waals surface area contributed by atoms with Crippen molar-refractivity contribution in [2.24, 2.45) is 0 Å². The summed E-state index contributed by atoms with van der Waals surface area (Å²) >= 11 is 0. The summed E-state index contributed by atoms with van der Waals surface area (Å²) in [7, 11) is 0. The molecule has 88 valence electrons. The third-order valence-corrected chi connectivity index (χ3v) is 3.33. The Kier molecular flexibility index (Phi) is 3.59. The Morgan fingerprint density at radius 1 is 1.25 bits per heavy atom. The fraction of sp³-hybridized carbons (Fsp3) is 0.667. The van der Waals surface area contributed by atoms with Crippen LogP contribution in [0, 0.1) is 0 Å². The van der Waals surface area contributed by atoms with Gasteiger partial charge in [-0.3, -0.25) is 0 Å². The zero-order chi connectivity index (χ0) is 11.4. The van der Waals surface area contributed by atoms with E-state index >= 15 is 0 Å². The highest BCUT2D eigenvalue weighted by Gasteiger charge is 2.22. The quantitative estimate of drug-likeness (QED) is 0.848. The van der Waals surface area contributed by atoms with Gasteiger partial charge < -0.3 is 10.6 Å². The molecule has 1 aromatic rings. The van der Waals surface area contributed by atoms with Crippen molar-refractivity contribution in [3.63, 3.8) is 0 Å². The van der Waals surface area contributed by atoms with E-state index in [2.05, 4.69) is 21.8 Å². The highest BCUT2D eigenvalue weighted by Crippen LogP contribution is 2.27. The van der Waals surface area contributed by atoms with Gasteiger partial charge in [0.15, 0.2) is 11.6 Å². The Morgan fingerprint density at radius 3 is 2.56 bits per heavy atom. The first kappa shape index (κ1) is 11.2. The molecule has 1 aliphatic rings. The summed E-state index contributed by atoms with van der Waals surface area (Å²) in [5.41, 5.74) is 5.89. The third kappa shape index (κ3) is 2.26. The normalized spacial score (nSPS) is 17.3. The summed E-state index contributed by atoms with van der Waals surface area (Å²) in [5, 5.41) is 0. The number of rotatable bonds is 3. The second kappa shape index (κ2) is 5.14. The summed E-state index contributed by atoms with van der Waals surface area (Å²) in [6.45, 7) is 3.11. The highest BCUT2D eigenvalue weighted by atomic mass is 15.2. The Balaban J connectivity index is 2.18. The zero-order valence-electron chi connectivity index (χ0n) is 9.89. The van der Waals surface area contributed by atoms with E-state index in [1.807, 2.05) is 0 Å². The van der Waals surface area contributed by atoms with Crippen molar-refractivity contribution in [1.29, 1.82) is 0 Å². The monoisotopic (exact) mass is 220 g/mol. The van der Waals surface area contributed by atoms with Crippen LogP contribution in [0.2, 0.25) is 0 Å². The molecule has 4 heteroatoms. The van der Waals surface area contributed by atoms with E-state index in [-0.39, 0.29) is 0 Å². The first-order chi connectivity index (χ1) is 7.83. The number of nitrogen functional groups attached to an aromatic ring is 1. The van der Waals surface area contributed by atoms with Crippen LogP contribution in [-0.4, -0.2) is 22.6 Å². The molecule has 0 radical (unpaired) electrons. The van der Waals surface area contributed by atoms with E-state index < -0.39 is 0 Å². The highest BCUT2D eigenvalue weighted by molar-refractivity contribution is 5.57. The molecule has 1 fully saturated rings. The summed E-state index contributed by atoms with van der Waals surface area (Å²) in [6, 6.07) is 0.595. The SMILES string of the molecule is CCN(c1nccnc1N)C1CCCCC1. The van der Waals surface area contributed by atoms with E-state index in [1.165, 1.54) is 32.1 Å². The molecule has 0 saturated heterocycles. The predicted octanol–water partition coefficient (Wildman–Crippen LogP) is 2.22. The lowest BCUT2D eigenvalue weighted by atomic mass is 9.94. The average Bonchev–Trinajstić information content (AvgIpc) is 2.34. The molecular weight excluding hydrogens is 200 g/mol. The van der Waals surface area contributed by atoms with E-state index in [9.17, 15) is 0 Å². The molecule has 2 rings (SSSR count). The lowest BCUT2D eigenvalue weighted by Crippen LogP contribution is -2.37. The minimum Gasteiger partial charge on any atom is -0.381 e. The van der Waals surface area contributed by atoms with E-state index in [0.717, 1.165) is 12.4 Å². The first-order valence-corrected chi connectivity index (χ1v) is 6.16. The number of nitrogens with two attached hydrogens (primary N) is 1. The van der Waals surface area contributed by atoms with Crippen molar-refractivity contribution in [1.82, 2.24) is 9.97 Å². The van der Waals surface area contributed by atoms with E-state index in [0.29, 0.717) is 11.9 Å². The lowest BCUT2D eigenvalue weighted by molar-refractivity contribution is 0.416. The maximum atomic E-state index is 5.89. The first-order valence-electron chi connectivity index (χ1n) is 6.16. The molecule has 0 bridgehead atoms. The zero-order valence-corrected chi connectivity index (χ0v) is 9.89. The van der Waals surface area contributed by atoms with Crippen LogP contribution in [-0.2, 0) is 0 Å². The van der Waals surface area contributed by atoms with Crippen molar-refractivity contribution in [3.05, 3.63) is 12.4 Å². The van der Waals surface area contributed by atoms with Crippen LogP contribution in [0.1, 0.15) is 39.0 Å². The van der Waals surface area contributed by atoms with Crippen LogP contribution < -0.4 is 10.6 Å². The summed E-state index contributed by atoms with van der Waals surface area (Å²) < 4.78 is 0. The number of nitrogens with zero attached hydrogens (tertiary/aromatic N) is 3. The summed E-state index contributed by atoms with van der Waals surface area (Å²) in [4.78, 5) is 10.8. The molecule has 0 atom stereocenters. The van der Waals surface area contributed by atoms with Crippen LogP contribution in [0.3, 0.4) is 0 Å². The molecule has 1 heterocycles. The van der Waals surface area contributed by atoms with E-state index in [1.54, 1.807) is 12.4 Å². The average molecular weight is 220 g/mol. The Labute approximate surface area is 96.9 Å². The minimum atomic E-state index is 0.551. The summed E-state index contributed by atoms with van der Waals surface area (Å²) in [5.74, 6) is 1.41. The fourth-order valence-electron chi connectivity index (χ4n) is 2.54. The van der Waals surface area contributed by atoms with Gasteiger partial charge >= 0.3 is 0 Å². The molecule has 1 aliphatic carbocycles. The molecule has 0 spiro atoms. The van der Waals surface area contributed by atoms with Crippen LogP contribution in [0.5, 0.6) is 0 Å². The Bertz CT molecular complexity index is 334. The molecule has 0 aliphatic heterocycles. The minimum absolute atomic E-state index is 0.551. The molecular formula is C12H20N4. The van der Waals surface area contributed by atoms with Crippen molar-refractivity contribution >= 4 is 11.6 Å². The largest absolute Gasteiger partial charge is 0.381 e. The van der Waals surface area contributed by atoms with Gasteiger partial charge in [0, 0.05) is 25.0 Å². The van der Waals surface area contributed by atoms with Crippen LogP contribution >= 0.6 is 0 Å². The molecule has 0 unspecified atom stereocenters. The molecule has 2 N–H and O–H groups in total. The van der Waals surface area contributed by atoms with E-state index in [4.69, 9.17) is 5.73 Å². The maximum Gasteiger partial charge on any atom is 0.171 e. The van der Waals surface area contributed by atoms with Gasteiger partial charge in [-0.2, -0.15) is 0 Å². The molecule has 0 amide bonds. The second-order valence-corrected chi connectivity index (χ2v) is 4.34. The summed E-state index contributed by atoms with van der Waals surface area (Å²) in [6.07, 6.45) is 9.88. The van der Waals surface area contributed by atoms with Gasteiger partial charge in [-0.15, -0.1) is 0 Å². The molecule has 0 aromatic carbocycles. The van der Waals surface area contributed by atoms with Gasteiger partial charge in [0.1, 0.15) is 0 Å². The van der Waals surface area contributed by atoms with Crippen molar-refractivity contribution in [2.75, 3.05) is 17.2 Å². The van der Waals surface area contributed by atoms with Gasteiger partial charge in [0.25, 0.3) is 0 Å². The van der Waals surface area contributed by atoms with Gasteiger partial charge in [-0.25, -0.2) is 9.97 Å². The van der Waals surface area contributed by atoms with Crippen molar-refractivity contribution in [2.45, 2.75) is 45.1 Å². The molecule has 16 heavy (non-hydrogen) atoms. The Hall–Kier alpha value is -1.32.